The number of nitrogens with zero attached hydrogens (tertiary/aromatic N) is 1. The lowest BCUT2D eigenvalue weighted by molar-refractivity contribution is 0.0341. The van der Waals surface area contributed by atoms with Crippen LogP contribution < -0.4 is 0 Å². The molecular formula is C13H21NO5S. The van der Waals surface area contributed by atoms with Gasteiger partial charge in [-0.15, -0.1) is 0 Å². The Morgan fingerprint density at radius 1 is 1.40 bits per heavy atom. The predicted octanol–water partition coefficient (Wildman–Crippen LogP) is 1.32. The summed E-state index contributed by atoms with van der Waals surface area (Å²) in [5.74, 6) is -0.151. The molecule has 0 unspecified atom stereocenters. The van der Waals surface area contributed by atoms with Crippen LogP contribution in [0.2, 0.25) is 0 Å². The van der Waals surface area contributed by atoms with Gasteiger partial charge < -0.3 is 14.1 Å². The summed E-state index contributed by atoms with van der Waals surface area (Å²) >= 11 is 0. The van der Waals surface area contributed by atoms with Crippen molar-refractivity contribution >= 4 is 15.7 Å². The summed E-state index contributed by atoms with van der Waals surface area (Å²) in [6.07, 6.45) is 1.12. The van der Waals surface area contributed by atoms with E-state index in [0.29, 0.717) is 6.61 Å². The molecule has 114 valence electrons. The monoisotopic (exact) mass is 303 g/mol. The topological polar surface area (TPSA) is 76.8 Å². The van der Waals surface area contributed by atoms with Gasteiger partial charge in [-0.25, -0.2) is 8.42 Å². The van der Waals surface area contributed by atoms with Crippen LogP contribution in [0.15, 0.2) is 16.5 Å². The quantitative estimate of drug-likeness (QED) is 0.792. The second kappa shape index (κ2) is 5.97. The lowest BCUT2D eigenvalue weighted by atomic mass is 10.0. The third-order valence-corrected chi connectivity index (χ3v) is 3.80. The van der Waals surface area contributed by atoms with E-state index in [1.165, 1.54) is 17.0 Å². The fourth-order valence-corrected chi connectivity index (χ4v) is 2.39. The van der Waals surface area contributed by atoms with Crippen LogP contribution in [0.4, 0.5) is 0 Å². The van der Waals surface area contributed by atoms with E-state index in [-0.39, 0.29) is 23.2 Å². The van der Waals surface area contributed by atoms with E-state index in [2.05, 4.69) is 0 Å². The molecule has 0 aromatic carbocycles. The maximum absolute atomic E-state index is 12.3. The maximum Gasteiger partial charge on any atom is 0.289 e. The van der Waals surface area contributed by atoms with Gasteiger partial charge in [-0.1, -0.05) is 0 Å². The third kappa shape index (κ3) is 4.35. The first kappa shape index (κ1) is 16.7. The van der Waals surface area contributed by atoms with E-state index in [9.17, 15) is 13.2 Å². The molecule has 1 aromatic rings. The highest BCUT2D eigenvalue weighted by Crippen LogP contribution is 2.18. The molecule has 0 radical (unpaired) electrons. The van der Waals surface area contributed by atoms with E-state index in [4.69, 9.17) is 9.15 Å². The number of hydrogen-bond acceptors (Lipinski definition) is 5. The van der Waals surface area contributed by atoms with Gasteiger partial charge in [0.1, 0.15) is 11.5 Å². The molecule has 0 saturated heterocycles. The van der Waals surface area contributed by atoms with Crippen LogP contribution in [-0.2, 0) is 20.3 Å². The van der Waals surface area contributed by atoms with Crippen LogP contribution in [0.1, 0.15) is 30.2 Å². The Balaban J connectivity index is 2.88. The lowest BCUT2D eigenvalue weighted by Crippen LogP contribution is -2.48. The first-order valence-corrected chi connectivity index (χ1v) is 8.16. The van der Waals surface area contributed by atoms with E-state index < -0.39 is 15.4 Å². The molecule has 0 aliphatic heterocycles. The number of furan rings is 1. The van der Waals surface area contributed by atoms with Crippen molar-refractivity contribution in [1.29, 1.82) is 0 Å². The maximum atomic E-state index is 12.3. The number of sulfone groups is 1. The standard InChI is InChI=1S/C13H21NO5S/c1-13(2,9-18-4)14(3)12(15)11-7-6-10(19-11)8-20(5,16)17/h6-7H,8-9H2,1-5H3. The number of ether oxygens (including phenoxy) is 1. The van der Waals surface area contributed by atoms with Crippen molar-refractivity contribution in [2.75, 3.05) is 27.0 Å². The summed E-state index contributed by atoms with van der Waals surface area (Å²) in [6.45, 7) is 4.12. The summed E-state index contributed by atoms with van der Waals surface area (Å²) in [5.41, 5.74) is -0.490. The summed E-state index contributed by atoms with van der Waals surface area (Å²) < 4.78 is 32.8. The Labute approximate surface area is 119 Å². The Hall–Kier alpha value is -1.34. The zero-order valence-electron chi connectivity index (χ0n) is 12.5. The highest BCUT2D eigenvalue weighted by Gasteiger charge is 2.30. The van der Waals surface area contributed by atoms with Gasteiger partial charge in [-0.05, 0) is 26.0 Å². The SMILES string of the molecule is COCC(C)(C)N(C)C(=O)c1ccc(CS(C)(=O)=O)o1. The fourth-order valence-electron chi connectivity index (χ4n) is 1.72. The minimum absolute atomic E-state index is 0.121. The van der Waals surface area contributed by atoms with Crippen LogP contribution in [-0.4, -0.2) is 51.8 Å². The van der Waals surface area contributed by atoms with E-state index in [1.807, 2.05) is 13.8 Å². The molecule has 7 heteroatoms. The molecule has 0 fully saturated rings. The highest BCUT2D eigenvalue weighted by molar-refractivity contribution is 7.89. The van der Waals surface area contributed by atoms with Gasteiger partial charge in [-0.3, -0.25) is 4.79 Å². The summed E-state index contributed by atoms with van der Waals surface area (Å²) in [7, 11) is 0.0341. The molecule has 0 saturated carbocycles. The molecule has 1 rings (SSSR count). The molecular weight excluding hydrogens is 282 g/mol. The van der Waals surface area contributed by atoms with Gasteiger partial charge in [0.05, 0.1) is 12.1 Å². The summed E-state index contributed by atoms with van der Waals surface area (Å²) in [4.78, 5) is 13.8. The van der Waals surface area contributed by atoms with Crippen LogP contribution in [0, 0.1) is 0 Å². The second-order valence-corrected chi connectivity index (χ2v) is 7.59. The average molecular weight is 303 g/mol. The minimum Gasteiger partial charge on any atom is -0.455 e. The molecule has 20 heavy (non-hydrogen) atoms. The number of amides is 1. The lowest BCUT2D eigenvalue weighted by Gasteiger charge is -2.34. The third-order valence-electron chi connectivity index (χ3n) is 2.99. The fraction of sp³-hybridized carbons (Fsp3) is 0.615. The smallest absolute Gasteiger partial charge is 0.289 e. The van der Waals surface area contributed by atoms with Crippen molar-refractivity contribution in [3.8, 4) is 0 Å². The zero-order chi connectivity index (χ0) is 15.6. The summed E-state index contributed by atoms with van der Waals surface area (Å²) in [6, 6.07) is 2.99. The molecule has 0 atom stereocenters. The van der Waals surface area contributed by atoms with Gasteiger partial charge in [-0.2, -0.15) is 0 Å². The van der Waals surface area contributed by atoms with Crippen molar-refractivity contribution in [3.05, 3.63) is 23.7 Å². The summed E-state index contributed by atoms with van der Waals surface area (Å²) in [5, 5.41) is 0. The first-order chi connectivity index (χ1) is 9.07. The number of carbonyl (C=O) groups excluding carboxylic acids is 1. The minimum atomic E-state index is -3.19. The number of rotatable bonds is 6. The largest absolute Gasteiger partial charge is 0.455 e. The van der Waals surface area contributed by atoms with Crippen molar-refractivity contribution in [3.63, 3.8) is 0 Å². The highest BCUT2D eigenvalue weighted by atomic mass is 32.2. The number of carbonyl (C=O) groups is 1. The Kier molecular flexibility index (Phi) is 4.99. The molecule has 0 aliphatic carbocycles. The molecule has 0 N–H and O–H groups in total. The van der Waals surface area contributed by atoms with Crippen LogP contribution in [0.25, 0.3) is 0 Å². The van der Waals surface area contributed by atoms with Crippen molar-refractivity contribution in [2.24, 2.45) is 0 Å². The van der Waals surface area contributed by atoms with E-state index >= 15 is 0 Å². The van der Waals surface area contributed by atoms with Crippen molar-refractivity contribution in [1.82, 2.24) is 4.90 Å². The zero-order valence-corrected chi connectivity index (χ0v) is 13.3. The van der Waals surface area contributed by atoms with E-state index in [0.717, 1.165) is 6.26 Å². The molecule has 1 aromatic heterocycles. The van der Waals surface area contributed by atoms with Crippen LogP contribution in [0.3, 0.4) is 0 Å². The van der Waals surface area contributed by atoms with Gasteiger partial charge >= 0.3 is 0 Å². The molecule has 6 nitrogen and oxygen atoms in total. The normalized spacial score (nSPS) is 12.4. The number of likely N-dealkylation sites (N-methyl/N-ethyl adjacent to an activating group) is 1. The molecule has 1 amide bonds. The Morgan fingerprint density at radius 2 is 2.00 bits per heavy atom. The number of methoxy groups -OCH3 is 1. The van der Waals surface area contributed by atoms with E-state index in [1.54, 1.807) is 14.2 Å². The molecule has 0 spiro atoms. The molecule has 1 heterocycles. The van der Waals surface area contributed by atoms with Crippen LogP contribution >= 0.6 is 0 Å². The number of hydrogen-bond donors (Lipinski definition) is 0. The Morgan fingerprint density at radius 3 is 2.50 bits per heavy atom. The van der Waals surface area contributed by atoms with Crippen molar-refractivity contribution < 1.29 is 22.4 Å². The first-order valence-electron chi connectivity index (χ1n) is 6.10. The van der Waals surface area contributed by atoms with Gasteiger partial charge in [0.25, 0.3) is 5.91 Å². The Bertz CT molecular complexity index is 573. The van der Waals surface area contributed by atoms with Crippen molar-refractivity contribution in [2.45, 2.75) is 25.1 Å². The molecule has 0 aliphatic rings. The van der Waals surface area contributed by atoms with Crippen LogP contribution in [0.5, 0.6) is 0 Å². The van der Waals surface area contributed by atoms with Gasteiger partial charge in [0, 0.05) is 20.4 Å². The van der Waals surface area contributed by atoms with Gasteiger partial charge in [0.15, 0.2) is 15.6 Å². The average Bonchev–Trinajstić information content (AvgIpc) is 2.72. The predicted molar refractivity (Wildman–Crippen MR) is 75.3 cm³/mol. The van der Waals surface area contributed by atoms with Gasteiger partial charge in [0.2, 0.25) is 0 Å². The second-order valence-electron chi connectivity index (χ2n) is 5.45. The molecule has 0 bridgehead atoms.